The Morgan fingerprint density at radius 1 is 1.40 bits per heavy atom. The number of hydrogen-bond acceptors (Lipinski definition) is 2. The van der Waals surface area contributed by atoms with Crippen LogP contribution in [0.4, 0.5) is 0 Å². The van der Waals surface area contributed by atoms with Crippen LogP contribution >= 0.6 is 0 Å². The Balaban J connectivity index is 2.88. The molecule has 1 aromatic heterocycles. The van der Waals surface area contributed by atoms with Gasteiger partial charge in [0.15, 0.2) is 0 Å². The highest BCUT2D eigenvalue weighted by Crippen LogP contribution is 2.07. The third kappa shape index (κ3) is 1.56. The number of para-hydroxylation sites is 1. The second-order valence-electron chi connectivity index (χ2n) is 3.45. The normalized spacial score (nSPS) is 10.7. The maximum atomic E-state index is 12.1. The summed E-state index contributed by atoms with van der Waals surface area (Å²) in [6.07, 6.45) is 0.786. The molecular formula is C11H13BN2O. The molecule has 0 aliphatic rings. The summed E-state index contributed by atoms with van der Waals surface area (Å²) < 4.78 is 1.74. The maximum Gasteiger partial charge on any atom is 0.261 e. The van der Waals surface area contributed by atoms with Gasteiger partial charge in [0.2, 0.25) is 0 Å². The molecule has 0 saturated heterocycles. The fourth-order valence-electron chi connectivity index (χ4n) is 1.81. The van der Waals surface area contributed by atoms with Crippen LogP contribution < -0.4 is 5.56 Å². The second kappa shape index (κ2) is 3.89. The zero-order valence-electron chi connectivity index (χ0n) is 9.03. The summed E-state index contributed by atoms with van der Waals surface area (Å²) >= 11 is 0. The lowest BCUT2D eigenvalue weighted by molar-refractivity contribution is 0.680. The molecule has 0 fully saturated rings. The van der Waals surface area contributed by atoms with Crippen molar-refractivity contribution in [3.8, 4) is 0 Å². The molecule has 0 atom stereocenters. The van der Waals surface area contributed by atoms with Crippen molar-refractivity contribution >= 4 is 18.7 Å². The molecule has 0 amide bonds. The van der Waals surface area contributed by atoms with Gasteiger partial charge in [0.25, 0.3) is 5.56 Å². The van der Waals surface area contributed by atoms with Gasteiger partial charge in [0.1, 0.15) is 13.7 Å². The third-order valence-corrected chi connectivity index (χ3v) is 2.57. The van der Waals surface area contributed by atoms with Gasteiger partial charge in [-0.3, -0.25) is 9.36 Å². The predicted octanol–water partition coefficient (Wildman–Crippen LogP) is 0.549. The minimum absolute atomic E-state index is 0.0694. The van der Waals surface area contributed by atoms with Crippen molar-refractivity contribution in [3.63, 3.8) is 0 Å². The first kappa shape index (κ1) is 9.96. The molecule has 2 rings (SSSR count). The topological polar surface area (TPSA) is 34.9 Å². The summed E-state index contributed by atoms with van der Waals surface area (Å²) in [5.41, 5.74) is 0.865. The molecule has 0 saturated carbocycles. The molecule has 1 aromatic carbocycles. The number of fused-ring (bicyclic) bond motifs is 1. The first-order chi connectivity index (χ1) is 7.27. The van der Waals surface area contributed by atoms with E-state index in [2.05, 4.69) is 4.98 Å². The maximum absolute atomic E-state index is 12.1. The van der Waals surface area contributed by atoms with Gasteiger partial charge in [-0.1, -0.05) is 12.1 Å². The monoisotopic (exact) mass is 200 g/mol. The number of rotatable bonds is 2. The van der Waals surface area contributed by atoms with Crippen LogP contribution in [0.1, 0.15) is 12.7 Å². The van der Waals surface area contributed by atoms with Gasteiger partial charge in [-0.15, -0.1) is 0 Å². The largest absolute Gasteiger partial charge is 0.297 e. The Bertz CT molecular complexity index is 548. The van der Waals surface area contributed by atoms with Crippen LogP contribution in [-0.2, 0) is 12.9 Å². The van der Waals surface area contributed by atoms with E-state index in [4.69, 9.17) is 0 Å². The molecule has 0 aliphatic carbocycles. The molecule has 0 unspecified atom stereocenters. The van der Waals surface area contributed by atoms with Crippen molar-refractivity contribution in [2.75, 3.05) is 0 Å². The number of nitrogens with zero attached hydrogens (tertiary/aromatic N) is 2. The molecule has 15 heavy (non-hydrogen) atoms. The summed E-state index contributed by atoms with van der Waals surface area (Å²) in [7, 11) is 2.02. The summed E-state index contributed by atoms with van der Waals surface area (Å²) in [5.74, 6) is 0.862. The molecular weight excluding hydrogens is 187 g/mol. The van der Waals surface area contributed by atoms with E-state index in [0.29, 0.717) is 11.9 Å². The van der Waals surface area contributed by atoms with E-state index in [1.54, 1.807) is 4.57 Å². The van der Waals surface area contributed by atoms with E-state index in [1.165, 1.54) is 0 Å². The van der Waals surface area contributed by atoms with Crippen LogP contribution in [0, 0.1) is 0 Å². The summed E-state index contributed by atoms with van der Waals surface area (Å²) in [4.78, 5) is 16.6. The molecule has 0 spiro atoms. The average molecular weight is 200 g/mol. The minimum Gasteiger partial charge on any atom is -0.297 e. The van der Waals surface area contributed by atoms with Crippen LogP contribution in [-0.4, -0.2) is 17.4 Å². The van der Waals surface area contributed by atoms with E-state index in [-0.39, 0.29) is 5.56 Å². The van der Waals surface area contributed by atoms with Crippen molar-refractivity contribution in [2.45, 2.75) is 19.8 Å². The van der Waals surface area contributed by atoms with Crippen molar-refractivity contribution in [2.24, 2.45) is 0 Å². The molecule has 0 radical (unpaired) electrons. The van der Waals surface area contributed by atoms with E-state index < -0.39 is 0 Å². The third-order valence-electron chi connectivity index (χ3n) is 2.57. The van der Waals surface area contributed by atoms with E-state index in [1.807, 2.05) is 39.0 Å². The first-order valence-electron chi connectivity index (χ1n) is 5.26. The highest BCUT2D eigenvalue weighted by Gasteiger charge is 2.06. The van der Waals surface area contributed by atoms with Crippen LogP contribution in [0.15, 0.2) is 29.1 Å². The van der Waals surface area contributed by atoms with Gasteiger partial charge < -0.3 is 0 Å². The zero-order chi connectivity index (χ0) is 10.8. The summed E-state index contributed by atoms with van der Waals surface area (Å²) in [6, 6.07) is 7.49. The Hall–Kier alpha value is -1.58. The van der Waals surface area contributed by atoms with Crippen LogP contribution in [0.5, 0.6) is 0 Å². The van der Waals surface area contributed by atoms with Crippen molar-refractivity contribution in [1.82, 2.24) is 9.55 Å². The predicted molar refractivity (Wildman–Crippen MR) is 63.9 cm³/mol. The summed E-state index contributed by atoms with van der Waals surface area (Å²) in [6.45, 7) is 2.65. The van der Waals surface area contributed by atoms with Crippen molar-refractivity contribution in [3.05, 3.63) is 40.4 Å². The van der Waals surface area contributed by atoms with E-state index >= 15 is 0 Å². The molecule has 1 heterocycles. The SMILES string of the molecule is BCc1nc2ccccc2c(=O)n1CC. The standard InChI is InChI=1S/C11H13BN2O/c1-2-14-10(7-12)13-9-6-4-3-5-8(9)11(14)15/h3-6H,2,7,12H2,1H3. The van der Waals surface area contributed by atoms with Gasteiger partial charge in [0.05, 0.1) is 10.9 Å². The van der Waals surface area contributed by atoms with Crippen molar-refractivity contribution in [1.29, 1.82) is 0 Å². The fraction of sp³-hybridized carbons (Fsp3) is 0.273. The highest BCUT2D eigenvalue weighted by molar-refractivity contribution is 6.08. The second-order valence-corrected chi connectivity index (χ2v) is 3.45. The Kier molecular flexibility index (Phi) is 2.58. The molecule has 0 bridgehead atoms. The van der Waals surface area contributed by atoms with Crippen LogP contribution in [0.25, 0.3) is 10.9 Å². The Morgan fingerprint density at radius 3 is 2.80 bits per heavy atom. The van der Waals surface area contributed by atoms with Crippen LogP contribution in [0.3, 0.4) is 0 Å². The van der Waals surface area contributed by atoms with Crippen LogP contribution in [0.2, 0.25) is 0 Å². The Labute approximate surface area is 89.2 Å². The molecule has 76 valence electrons. The molecule has 0 aliphatic heterocycles. The summed E-state index contributed by atoms with van der Waals surface area (Å²) in [5, 5.41) is 0.705. The lowest BCUT2D eigenvalue weighted by Crippen LogP contribution is -2.24. The molecule has 3 nitrogen and oxygen atoms in total. The van der Waals surface area contributed by atoms with Gasteiger partial charge in [0, 0.05) is 6.54 Å². The van der Waals surface area contributed by atoms with E-state index in [0.717, 1.165) is 17.7 Å². The average Bonchev–Trinajstić information content (AvgIpc) is 2.29. The highest BCUT2D eigenvalue weighted by atomic mass is 16.1. The lowest BCUT2D eigenvalue weighted by Gasteiger charge is -2.09. The fourth-order valence-corrected chi connectivity index (χ4v) is 1.81. The number of benzene rings is 1. The smallest absolute Gasteiger partial charge is 0.261 e. The number of aromatic nitrogens is 2. The lowest BCUT2D eigenvalue weighted by atomic mass is 10.0. The van der Waals surface area contributed by atoms with Gasteiger partial charge in [-0.2, -0.15) is 0 Å². The van der Waals surface area contributed by atoms with E-state index in [9.17, 15) is 4.79 Å². The van der Waals surface area contributed by atoms with Gasteiger partial charge in [-0.05, 0) is 25.4 Å². The zero-order valence-corrected chi connectivity index (χ0v) is 9.03. The molecule has 2 aromatic rings. The minimum atomic E-state index is 0.0694. The molecule has 0 N–H and O–H groups in total. The molecule has 4 heteroatoms. The first-order valence-corrected chi connectivity index (χ1v) is 5.26. The van der Waals surface area contributed by atoms with Gasteiger partial charge >= 0.3 is 0 Å². The van der Waals surface area contributed by atoms with Crippen molar-refractivity contribution < 1.29 is 0 Å². The van der Waals surface area contributed by atoms with Gasteiger partial charge in [-0.25, -0.2) is 4.98 Å². The Morgan fingerprint density at radius 2 is 2.13 bits per heavy atom. The number of hydrogen-bond donors (Lipinski definition) is 0. The quantitative estimate of drug-likeness (QED) is 0.663.